The van der Waals surface area contributed by atoms with Gasteiger partial charge in [-0.25, -0.2) is 0 Å². The molecule has 0 aliphatic rings. The lowest BCUT2D eigenvalue weighted by molar-refractivity contribution is -0.118. The minimum atomic E-state index is -0.313. The molecule has 0 bridgehead atoms. The molecule has 23 heavy (non-hydrogen) atoms. The Morgan fingerprint density at radius 3 is 2.57 bits per heavy atom. The molecule has 7 heteroatoms. The highest BCUT2D eigenvalue weighted by atomic mass is 127. The summed E-state index contributed by atoms with van der Waals surface area (Å²) in [6.07, 6.45) is 0. The number of benzene rings is 2. The molecule has 0 unspecified atom stereocenters. The lowest BCUT2D eigenvalue weighted by Crippen LogP contribution is -2.20. The molecule has 0 saturated heterocycles. The van der Waals surface area contributed by atoms with E-state index < -0.39 is 0 Å². The monoisotopic (exact) mass is 447 g/mol. The van der Waals surface area contributed by atoms with Crippen molar-refractivity contribution in [3.63, 3.8) is 0 Å². The average Bonchev–Trinajstić information content (AvgIpc) is 2.54. The number of anilines is 1. The number of methoxy groups -OCH3 is 2. The lowest BCUT2D eigenvalue weighted by atomic mass is 10.2. The summed E-state index contributed by atoms with van der Waals surface area (Å²) in [7, 11) is 3.00. The van der Waals surface area contributed by atoms with Crippen molar-refractivity contribution in [2.75, 3.05) is 26.1 Å². The van der Waals surface area contributed by atoms with Crippen molar-refractivity contribution >= 4 is 45.8 Å². The van der Waals surface area contributed by atoms with Crippen molar-refractivity contribution in [3.8, 4) is 17.2 Å². The SMILES string of the molecule is COc1cc(NC(=O)COc2cccc(I)c2)c(OC)cc1Cl. The van der Waals surface area contributed by atoms with Crippen LogP contribution in [0.15, 0.2) is 36.4 Å². The molecule has 2 rings (SSSR count). The van der Waals surface area contributed by atoms with E-state index in [4.69, 9.17) is 25.8 Å². The number of nitrogens with one attached hydrogen (secondary N) is 1. The van der Waals surface area contributed by atoms with E-state index in [0.717, 1.165) is 3.57 Å². The Labute approximate surface area is 153 Å². The summed E-state index contributed by atoms with van der Waals surface area (Å²) in [6, 6.07) is 10.6. The summed E-state index contributed by atoms with van der Waals surface area (Å²) >= 11 is 8.21. The topological polar surface area (TPSA) is 56.8 Å². The van der Waals surface area contributed by atoms with E-state index in [2.05, 4.69) is 27.9 Å². The molecule has 122 valence electrons. The van der Waals surface area contributed by atoms with Gasteiger partial charge in [-0.05, 0) is 40.8 Å². The van der Waals surface area contributed by atoms with E-state index in [-0.39, 0.29) is 12.5 Å². The van der Waals surface area contributed by atoms with Crippen LogP contribution < -0.4 is 19.5 Å². The van der Waals surface area contributed by atoms with E-state index in [9.17, 15) is 4.79 Å². The largest absolute Gasteiger partial charge is 0.495 e. The molecule has 0 spiro atoms. The summed E-state index contributed by atoms with van der Waals surface area (Å²) < 4.78 is 16.8. The normalized spacial score (nSPS) is 10.1. The van der Waals surface area contributed by atoms with Gasteiger partial charge in [0.25, 0.3) is 5.91 Å². The molecule has 2 aromatic rings. The van der Waals surface area contributed by atoms with Gasteiger partial charge in [0, 0.05) is 15.7 Å². The highest BCUT2D eigenvalue weighted by Crippen LogP contribution is 2.35. The number of carbonyl (C=O) groups is 1. The molecule has 1 amide bonds. The molecular formula is C16H15ClINO4. The highest BCUT2D eigenvalue weighted by molar-refractivity contribution is 14.1. The molecule has 0 aromatic heterocycles. The van der Waals surface area contributed by atoms with Gasteiger partial charge in [0.05, 0.1) is 24.9 Å². The molecule has 0 aliphatic carbocycles. The van der Waals surface area contributed by atoms with Gasteiger partial charge in [-0.2, -0.15) is 0 Å². The predicted molar refractivity (Wildman–Crippen MR) is 97.8 cm³/mol. The number of hydrogen-bond donors (Lipinski definition) is 1. The molecule has 0 fully saturated rings. The van der Waals surface area contributed by atoms with Crippen molar-refractivity contribution < 1.29 is 19.0 Å². The Kier molecular flexibility index (Phi) is 6.35. The van der Waals surface area contributed by atoms with E-state index in [1.807, 2.05) is 18.2 Å². The number of ether oxygens (including phenoxy) is 3. The smallest absolute Gasteiger partial charge is 0.262 e. The Morgan fingerprint density at radius 1 is 1.17 bits per heavy atom. The second-order valence-electron chi connectivity index (χ2n) is 4.48. The first-order valence-corrected chi connectivity index (χ1v) is 8.09. The van der Waals surface area contributed by atoms with Gasteiger partial charge < -0.3 is 19.5 Å². The minimum Gasteiger partial charge on any atom is -0.495 e. The molecule has 0 heterocycles. The van der Waals surface area contributed by atoms with Crippen molar-refractivity contribution in [1.82, 2.24) is 0 Å². The summed E-state index contributed by atoms with van der Waals surface area (Å²) in [5.74, 6) is 1.21. The molecule has 0 aliphatic heterocycles. The molecular weight excluding hydrogens is 433 g/mol. The Morgan fingerprint density at radius 2 is 1.91 bits per heavy atom. The third-order valence-corrected chi connectivity index (χ3v) is 3.88. The zero-order valence-corrected chi connectivity index (χ0v) is 15.5. The molecule has 2 aromatic carbocycles. The summed E-state index contributed by atoms with van der Waals surface area (Å²) in [5.41, 5.74) is 0.463. The zero-order chi connectivity index (χ0) is 16.8. The van der Waals surface area contributed by atoms with Crippen molar-refractivity contribution in [2.24, 2.45) is 0 Å². The van der Waals surface area contributed by atoms with Crippen LogP contribution in [0.3, 0.4) is 0 Å². The number of hydrogen-bond acceptors (Lipinski definition) is 4. The summed E-state index contributed by atoms with van der Waals surface area (Å²) in [4.78, 5) is 12.1. The fourth-order valence-electron chi connectivity index (χ4n) is 1.85. The first-order chi connectivity index (χ1) is 11.0. The van der Waals surface area contributed by atoms with Crippen molar-refractivity contribution in [3.05, 3.63) is 45.0 Å². The van der Waals surface area contributed by atoms with Crippen molar-refractivity contribution in [2.45, 2.75) is 0 Å². The van der Waals surface area contributed by atoms with Gasteiger partial charge in [0.15, 0.2) is 6.61 Å². The van der Waals surface area contributed by atoms with E-state index in [1.54, 1.807) is 18.2 Å². The van der Waals surface area contributed by atoms with Crippen molar-refractivity contribution in [1.29, 1.82) is 0 Å². The second-order valence-corrected chi connectivity index (χ2v) is 6.13. The van der Waals surface area contributed by atoms with Gasteiger partial charge in [0.1, 0.15) is 17.2 Å². The van der Waals surface area contributed by atoms with Gasteiger partial charge in [-0.3, -0.25) is 4.79 Å². The molecule has 0 saturated carbocycles. The van der Waals surface area contributed by atoms with Crippen LogP contribution >= 0.6 is 34.2 Å². The first kappa shape index (κ1) is 17.7. The Balaban J connectivity index is 2.05. The van der Waals surface area contributed by atoms with Crippen LogP contribution in [0, 0.1) is 3.57 Å². The minimum absolute atomic E-state index is 0.117. The Bertz CT molecular complexity index is 708. The number of amides is 1. The van der Waals surface area contributed by atoms with E-state index in [1.165, 1.54) is 14.2 Å². The number of halogens is 2. The quantitative estimate of drug-likeness (QED) is 0.681. The maximum Gasteiger partial charge on any atom is 0.262 e. The molecule has 1 N–H and O–H groups in total. The van der Waals surface area contributed by atoms with E-state index >= 15 is 0 Å². The maximum atomic E-state index is 12.1. The van der Waals surface area contributed by atoms with Crippen LogP contribution in [0.25, 0.3) is 0 Å². The van der Waals surface area contributed by atoms with Gasteiger partial charge in [-0.1, -0.05) is 17.7 Å². The van der Waals surface area contributed by atoms with Gasteiger partial charge in [-0.15, -0.1) is 0 Å². The number of rotatable bonds is 6. The molecule has 0 radical (unpaired) electrons. The third-order valence-electron chi connectivity index (χ3n) is 2.91. The summed E-state index contributed by atoms with van der Waals surface area (Å²) in [6.45, 7) is -0.117. The fourth-order valence-corrected chi connectivity index (χ4v) is 2.60. The highest BCUT2D eigenvalue weighted by Gasteiger charge is 2.13. The van der Waals surface area contributed by atoms with E-state index in [0.29, 0.717) is 28.0 Å². The zero-order valence-electron chi connectivity index (χ0n) is 12.6. The van der Waals surface area contributed by atoms with Crippen LogP contribution in [-0.4, -0.2) is 26.7 Å². The lowest BCUT2D eigenvalue weighted by Gasteiger charge is -2.13. The number of carbonyl (C=O) groups excluding carboxylic acids is 1. The van der Waals surface area contributed by atoms with Gasteiger partial charge in [0.2, 0.25) is 0 Å². The van der Waals surface area contributed by atoms with Crippen LogP contribution in [0.1, 0.15) is 0 Å². The fraction of sp³-hybridized carbons (Fsp3) is 0.188. The third kappa shape index (κ3) is 4.90. The van der Waals surface area contributed by atoms with Crippen LogP contribution in [-0.2, 0) is 4.79 Å². The van der Waals surface area contributed by atoms with Crippen LogP contribution in [0.2, 0.25) is 5.02 Å². The molecule has 0 atom stereocenters. The Hall–Kier alpha value is -1.67. The predicted octanol–water partition coefficient (Wildman–Crippen LogP) is 3.98. The molecule has 5 nitrogen and oxygen atoms in total. The first-order valence-electron chi connectivity index (χ1n) is 6.63. The second kappa shape index (κ2) is 8.26. The van der Waals surface area contributed by atoms with Gasteiger partial charge >= 0.3 is 0 Å². The summed E-state index contributed by atoms with van der Waals surface area (Å²) in [5, 5.41) is 3.12. The average molecular weight is 448 g/mol. The maximum absolute atomic E-state index is 12.1. The van der Waals surface area contributed by atoms with Crippen LogP contribution in [0.5, 0.6) is 17.2 Å². The van der Waals surface area contributed by atoms with Crippen LogP contribution in [0.4, 0.5) is 5.69 Å². The standard InChI is InChI=1S/C16H15ClINO4/c1-21-14-8-13(15(22-2)7-12(14)17)19-16(20)9-23-11-5-3-4-10(18)6-11/h3-8H,9H2,1-2H3,(H,19,20).